The van der Waals surface area contributed by atoms with Crippen molar-refractivity contribution >= 4 is 5.91 Å². The Morgan fingerprint density at radius 1 is 1.19 bits per heavy atom. The molecule has 0 saturated carbocycles. The van der Waals surface area contributed by atoms with Crippen LogP contribution in [0.2, 0.25) is 0 Å². The van der Waals surface area contributed by atoms with Crippen LogP contribution in [0.3, 0.4) is 0 Å². The van der Waals surface area contributed by atoms with E-state index in [0.717, 1.165) is 24.3 Å². The third kappa shape index (κ3) is 3.87. The van der Waals surface area contributed by atoms with Crippen LogP contribution < -0.4 is 4.74 Å². The number of aromatic nitrogens is 1. The van der Waals surface area contributed by atoms with E-state index in [-0.39, 0.29) is 5.91 Å². The minimum atomic E-state index is 0.144. The summed E-state index contributed by atoms with van der Waals surface area (Å²) in [5.41, 5.74) is 3.50. The molecule has 0 aliphatic carbocycles. The number of carbonyl (C=O) groups is 1. The molecule has 3 aromatic rings. The molecule has 138 valence electrons. The summed E-state index contributed by atoms with van der Waals surface area (Å²) in [6.07, 6.45) is 3.52. The van der Waals surface area contributed by atoms with Crippen LogP contribution in [-0.4, -0.2) is 29.4 Å². The molecule has 0 saturated heterocycles. The molecule has 0 N–H and O–H groups in total. The normalized spacial score (nSPS) is 13.3. The second-order valence-electron chi connectivity index (χ2n) is 6.68. The monoisotopic (exact) mass is 362 g/mol. The molecule has 1 aliphatic rings. The predicted molar refractivity (Wildman–Crippen MR) is 102 cm³/mol. The molecular formula is C22H22N2O3. The van der Waals surface area contributed by atoms with Gasteiger partial charge in [0.2, 0.25) is 5.91 Å². The van der Waals surface area contributed by atoms with Crippen LogP contribution in [0.25, 0.3) is 11.3 Å². The highest BCUT2D eigenvalue weighted by Gasteiger charge is 2.20. The highest BCUT2D eigenvalue weighted by Crippen LogP contribution is 2.25. The number of hydrogen-bond acceptors (Lipinski definition) is 4. The van der Waals surface area contributed by atoms with Gasteiger partial charge in [-0.1, -0.05) is 36.4 Å². The van der Waals surface area contributed by atoms with Gasteiger partial charge < -0.3 is 14.1 Å². The minimum Gasteiger partial charge on any atom is -0.497 e. The van der Waals surface area contributed by atoms with E-state index in [4.69, 9.17) is 9.15 Å². The molecule has 5 heteroatoms. The minimum absolute atomic E-state index is 0.144. The fraction of sp³-hybridized carbons (Fsp3) is 0.273. The number of amides is 1. The van der Waals surface area contributed by atoms with E-state index in [2.05, 4.69) is 23.2 Å². The molecule has 0 unspecified atom stereocenters. The van der Waals surface area contributed by atoms with Crippen molar-refractivity contribution in [2.24, 2.45) is 0 Å². The predicted octanol–water partition coefficient (Wildman–Crippen LogP) is 3.87. The Hall–Kier alpha value is -3.08. The van der Waals surface area contributed by atoms with Crippen LogP contribution in [0, 0.1) is 0 Å². The van der Waals surface area contributed by atoms with Crippen molar-refractivity contribution in [3.63, 3.8) is 0 Å². The molecule has 2 aromatic carbocycles. The zero-order valence-corrected chi connectivity index (χ0v) is 15.4. The molecular weight excluding hydrogens is 340 g/mol. The summed E-state index contributed by atoms with van der Waals surface area (Å²) >= 11 is 0. The van der Waals surface area contributed by atoms with Crippen molar-refractivity contribution in [3.8, 4) is 17.1 Å². The van der Waals surface area contributed by atoms with Crippen LogP contribution in [0.5, 0.6) is 5.75 Å². The average Bonchev–Trinajstić information content (AvgIpc) is 3.21. The Labute approximate surface area is 158 Å². The zero-order chi connectivity index (χ0) is 18.6. The van der Waals surface area contributed by atoms with Gasteiger partial charge in [-0.25, -0.2) is 4.98 Å². The van der Waals surface area contributed by atoms with Crippen LogP contribution in [0.4, 0.5) is 0 Å². The standard InChI is InChI=1S/C22H22N2O3/c1-26-19-8-4-7-17(13-19)20-14-23-21(27-20)9-10-22(25)24-12-11-16-5-2-3-6-18(16)15-24/h2-8,13-14H,9-12,15H2,1H3. The van der Waals surface area contributed by atoms with Gasteiger partial charge in [0.15, 0.2) is 11.7 Å². The number of nitrogens with zero attached hydrogens (tertiary/aromatic N) is 2. The number of methoxy groups -OCH3 is 1. The van der Waals surface area contributed by atoms with Crippen molar-refractivity contribution < 1.29 is 13.9 Å². The van der Waals surface area contributed by atoms with Crippen LogP contribution in [0.15, 0.2) is 59.1 Å². The summed E-state index contributed by atoms with van der Waals surface area (Å²) < 4.78 is 11.1. The lowest BCUT2D eigenvalue weighted by atomic mass is 9.99. The van der Waals surface area contributed by atoms with E-state index in [9.17, 15) is 4.79 Å². The zero-order valence-electron chi connectivity index (χ0n) is 15.4. The largest absolute Gasteiger partial charge is 0.497 e. The number of fused-ring (bicyclic) bond motifs is 1. The molecule has 1 aromatic heterocycles. The summed E-state index contributed by atoms with van der Waals surface area (Å²) in [4.78, 5) is 18.8. The maximum Gasteiger partial charge on any atom is 0.223 e. The first-order chi connectivity index (χ1) is 13.2. The number of benzene rings is 2. The second-order valence-corrected chi connectivity index (χ2v) is 6.68. The Bertz CT molecular complexity index is 948. The number of oxazole rings is 1. The molecule has 2 heterocycles. The van der Waals surface area contributed by atoms with Gasteiger partial charge in [-0.2, -0.15) is 0 Å². The maximum absolute atomic E-state index is 12.6. The fourth-order valence-corrected chi connectivity index (χ4v) is 3.42. The topological polar surface area (TPSA) is 55.6 Å². The van der Waals surface area contributed by atoms with E-state index < -0.39 is 0 Å². The molecule has 0 fully saturated rings. The quantitative estimate of drug-likeness (QED) is 0.691. The van der Waals surface area contributed by atoms with Gasteiger partial charge in [0.25, 0.3) is 0 Å². The summed E-state index contributed by atoms with van der Waals surface area (Å²) in [5, 5.41) is 0. The summed E-state index contributed by atoms with van der Waals surface area (Å²) in [7, 11) is 1.63. The Morgan fingerprint density at radius 2 is 2.04 bits per heavy atom. The van der Waals surface area contributed by atoms with E-state index in [0.29, 0.717) is 31.0 Å². The number of aryl methyl sites for hydroxylation is 1. The second kappa shape index (κ2) is 7.66. The average molecular weight is 362 g/mol. The van der Waals surface area contributed by atoms with Gasteiger partial charge in [0.05, 0.1) is 13.3 Å². The Kier molecular flexibility index (Phi) is 4.92. The maximum atomic E-state index is 12.6. The van der Waals surface area contributed by atoms with Crippen molar-refractivity contribution in [1.82, 2.24) is 9.88 Å². The first-order valence-electron chi connectivity index (χ1n) is 9.16. The molecule has 1 aliphatic heterocycles. The molecule has 0 atom stereocenters. The highest BCUT2D eigenvalue weighted by atomic mass is 16.5. The van der Waals surface area contributed by atoms with E-state index in [1.54, 1.807) is 13.3 Å². The van der Waals surface area contributed by atoms with E-state index in [1.165, 1.54) is 11.1 Å². The Balaban J connectivity index is 1.37. The van der Waals surface area contributed by atoms with Gasteiger partial charge >= 0.3 is 0 Å². The lowest BCUT2D eigenvalue weighted by Gasteiger charge is -2.28. The lowest BCUT2D eigenvalue weighted by molar-refractivity contribution is -0.132. The molecule has 0 radical (unpaired) electrons. The van der Waals surface area contributed by atoms with Crippen molar-refractivity contribution in [2.45, 2.75) is 25.8 Å². The highest BCUT2D eigenvalue weighted by molar-refractivity contribution is 5.76. The summed E-state index contributed by atoms with van der Waals surface area (Å²) in [6.45, 7) is 1.46. The number of carbonyl (C=O) groups excluding carboxylic acids is 1. The smallest absolute Gasteiger partial charge is 0.223 e. The van der Waals surface area contributed by atoms with Crippen molar-refractivity contribution in [3.05, 3.63) is 71.7 Å². The third-order valence-electron chi connectivity index (χ3n) is 4.94. The summed E-state index contributed by atoms with van der Waals surface area (Å²) in [5.74, 6) is 2.18. The van der Waals surface area contributed by atoms with Crippen molar-refractivity contribution in [1.29, 1.82) is 0 Å². The first-order valence-corrected chi connectivity index (χ1v) is 9.16. The van der Waals surface area contributed by atoms with Gasteiger partial charge in [-0.3, -0.25) is 4.79 Å². The number of hydrogen-bond donors (Lipinski definition) is 0. The van der Waals surface area contributed by atoms with Gasteiger partial charge in [-0.05, 0) is 29.7 Å². The first kappa shape index (κ1) is 17.3. The SMILES string of the molecule is COc1cccc(-c2cnc(CCC(=O)N3CCc4ccccc4C3)o2)c1. The summed E-state index contributed by atoms with van der Waals surface area (Å²) in [6, 6.07) is 16.0. The number of rotatable bonds is 5. The van der Waals surface area contributed by atoms with Crippen LogP contribution >= 0.6 is 0 Å². The van der Waals surface area contributed by atoms with Crippen molar-refractivity contribution in [2.75, 3.05) is 13.7 Å². The Morgan fingerprint density at radius 3 is 2.89 bits per heavy atom. The van der Waals surface area contributed by atoms with Gasteiger partial charge in [0.1, 0.15) is 5.75 Å². The third-order valence-corrected chi connectivity index (χ3v) is 4.94. The number of ether oxygens (including phenoxy) is 1. The van der Waals surface area contributed by atoms with Crippen LogP contribution in [0.1, 0.15) is 23.4 Å². The molecule has 4 rings (SSSR count). The lowest BCUT2D eigenvalue weighted by Crippen LogP contribution is -2.36. The van der Waals surface area contributed by atoms with E-state index >= 15 is 0 Å². The molecule has 0 spiro atoms. The molecule has 27 heavy (non-hydrogen) atoms. The molecule has 1 amide bonds. The molecule has 5 nitrogen and oxygen atoms in total. The van der Waals surface area contributed by atoms with Gasteiger partial charge in [-0.15, -0.1) is 0 Å². The van der Waals surface area contributed by atoms with E-state index in [1.807, 2.05) is 35.2 Å². The molecule has 0 bridgehead atoms. The van der Waals surface area contributed by atoms with Crippen LogP contribution in [-0.2, 0) is 24.2 Å². The fourth-order valence-electron chi connectivity index (χ4n) is 3.42. The van der Waals surface area contributed by atoms with Gasteiger partial charge in [0, 0.05) is 31.5 Å².